The lowest BCUT2D eigenvalue weighted by Gasteiger charge is -2.20. The van der Waals surface area contributed by atoms with E-state index >= 15 is 0 Å². The van der Waals surface area contributed by atoms with E-state index in [4.69, 9.17) is 4.74 Å². The Hall–Kier alpha value is -1.83. The summed E-state index contributed by atoms with van der Waals surface area (Å²) in [5.41, 5.74) is 1.26. The maximum absolute atomic E-state index is 12.2. The van der Waals surface area contributed by atoms with Gasteiger partial charge in [-0.15, -0.1) is 0 Å². The van der Waals surface area contributed by atoms with Crippen molar-refractivity contribution in [2.24, 2.45) is 0 Å². The summed E-state index contributed by atoms with van der Waals surface area (Å²) in [5.74, 6) is -0.262. The molecule has 94 valence electrons. The van der Waals surface area contributed by atoms with Crippen LogP contribution < -0.4 is 0 Å². The molecule has 2 heteroatoms. The molecule has 0 atom stereocenters. The number of carbonyl (C=O) groups is 1. The molecule has 0 aromatic heterocycles. The second-order valence-corrected chi connectivity index (χ2v) is 5.48. The monoisotopic (exact) mass is 242 g/mol. The first kappa shape index (κ1) is 12.6. The van der Waals surface area contributed by atoms with Crippen LogP contribution in [-0.2, 0) is 4.74 Å². The Bertz CT molecular complexity index is 586. The Morgan fingerprint density at radius 2 is 1.67 bits per heavy atom. The van der Waals surface area contributed by atoms with Gasteiger partial charge in [0.2, 0.25) is 0 Å². The molecule has 0 fully saturated rings. The Morgan fingerprint density at radius 3 is 2.28 bits per heavy atom. The quantitative estimate of drug-likeness (QED) is 0.704. The minimum atomic E-state index is -0.470. The van der Waals surface area contributed by atoms with E-state index in [-0.39, 0.29) is 5.97 Å². The lowest BCUT2D eigenvalue weighted by atomic mass is 10.00. The molecule has 0 saturated heterocycles. The molecule has 0 spiro atoms. The van der Waals surface area contributed by atoms with E-state index < -0.39 is 5.60 Å². The van der Waals surface area contributed by atoms with Gasteiger partial charge in [-0.25, -0.2) is 4.79 Å². The summed E-state index contributed by atoms with van der Waals surface area (Å²) in [7, 11) is 0. The summed E-state index contributed by atoms with van der Waals surface area (Å²) in [5, 5.41) is 2.05. The molecule has 0 aliphatic rings. The molecule has 2 nitrogen and oxygen atoms in total. The molecule has 0 radical (unpaired) electrons. The number of ether oxygens (including phenoxy) is 1. The van der Waals surface area contributed by atoms with Crippen LogP contribution in [-0.4, -0.2) is 11.6 Å². The van der Waals surface area contributed by atoms with Gasteiger partial charge < -0.3 is 4.74 Å². The summed E-state index contributed by atoms with van der Waals surface area (Å²) in [6, 6.07) is 11.7. The minimum Gasteiger partial charge on any atom is -0.456 e. The molecule has 0 heterocycles. The van der Waals surface area contributed by atoms with Crippen LogP contribution in [0.5, 0.6) is 0 Å². The summed E-state index contributed by atoms with van der Waals surface area (Å²) in [6.45, 7) is 7.64. The van der Waals surface area contributed by atoms with Gasteiger partial charge >= 0.3 is 5.97 Å². The van der Waals surface area contributed by atoms with Gasteiger partial charge in [-0.2, -0.15) is 0 Å². The summed E-state index contributed by atoms with van der Waals surface area (Å²) < 4.78 is 5.45. The van der Waals surface area contributed by atoms with Crippen molar-refractivity contribution < 1.29 is 9.53 Å². The topological polar surface area (TPSA) is 26.3 Å². The highest BCUT2D eigenvalue weighted by Crippen LogP contribution is 2.24. The Morgan fingerprint density at radius 1 is 1.06 bits per heavy atom. The van der Waals surface area contributed by atoms with Crippen LogP contribution >= 0.6 is 0 Å². The molecule has 2 rings (SSSR count). The average Bonchev–Trinajstić information content (AvgIpc) is 2.26. The minimum absolute atomic E-state index is 0.262. The number of aryl methyl sites for hydroxylation is 1. The van der Waals surface area contributed by atoms with Crippen molar-refractivity contribution >= 4 is 16.7 Å². The third-order valence-corrected chi connectivity index (χ3v) is 2.73. The van der Waals surface area contributed by atoms with Crippen molar-refractivity contribution in [3.8, 4) is 0 Å². The number of fused-ring (bicyclic) bond motifs is 1. The summed E-state index contributed by atoms with van der Waals surface area (Å²) in [4.78, 5) is 12.2. The fraction of sp³-hybridized carbons (Fsp3) is 0.312. The van der Waals surface area contributed by atoms with Crippen LogP contribution in [0.25, 0.3) is 10.8 Å². The molecular formula is C16H18O2. The Labute approximate surface area is 108 Å². The van der Waals surface area contributed by atoms with Gasteiger partial charge in [-0.3, -0.25) is 0 Å². The van der Waals surface area contributed by atoms with E-state index in [1.807, 2.05) is 64.1 Å². The van der Waals surface area contributed by atoms with Crippen LogP contribution in [0.15, 0.2) is 36.4 Å². The summed E-state index contributed by atoms with van der Waals surface area (Å²) in [6.07, 6.45) is 0. The first-order valence-corrected chi connectivity index (χ1v) is 6.10. The molecule has 0 unspecified atom stereocenters. The zero-order chi connectivity index (χ0) is 13.3. The molecule has 0 N–H and O–H groups in total. The van der Waals surface area contributed by atoms with Gasteiger partial charge in [0.05, 0.1) is 5.56 Å². The SMILES string of the molecule is Cc1cccc2cccc(C(=O)OC(C)(C)C)c12. The number of carbonyl (C=O) groups excluding carboxylic acids is 1. The molecule has 0 aliphatic carbocycles. The molecule has 2 aromatic carbocycles. The van der Waals surface area contributed by atoms with Gasteiger partial charge in [0.25, 0.3) is 0 Å². The number of hydrogen-bond donors (Lipinski definition) is 0. The number of hydrogen-bond acceptors (Lipinski definition) is 2. The third-order valence-electron chi connectivity index (χ3n) is 2.73. The maximum Gasteiger partial charge on any atom is 0.339 e. The van der Waals surface area contributed by atoms with Crippen molar-refractivity contribution in [2.75, 3.05) is 0 Å². The first-order valence-electron chi connectivity index (χ1n) is 6.10. The normalized spacial score (nSPS) is 11.6. The molecule has 0 aliphatic heterocycles. The van der Waals surface area contributed by atoms with Crippen LogP contribution in [0.3, 0.4) is 0 Å². The zero-order valence-electron chi connectivity index (χ0n) is 11.3. The largest absolute Gasteiger partial charge is 0.456 e. The molecule has 18 heavy (non-hydrogen) atoms. The number of rotatable bonds is 1. The van der Waals surface area contributed by atoms with Crippen LogP contribution in [0.1, 0.15) is 36.7 Å². The van der Waals surface area contributed by atoms with Gasteiger partial charge in [-0.05, 0) is 50.1 Å². The van der Waals surface area contributed by atoms with Crippen molar-refractivity contribution in [3.63, 3.8) is 0 Å². The van der Waals surface area contributed by atoms with E-state index in [2.05, 4.69) is 0 Å². The number of esters is 1. The predicted molar refractivity (Wildman–Crippen MR) is 73.9 cm³/mol. The Kier molecular flexibility index (Phi) is 3.12. The molecular weight excluding hydrogens is 224 g/mol. The highest BCUT2D eigenvalue weighted by atomic mass is 16.6. The van der Waals surface area contributed by atoms with Crippen LogP contribution in [0.2, 0.25) is 0 Å². The highest BCUT2D eigenvalue weighted by Gasteiger charge is 2.19. The molecule has 0 saturated carbocycles. The van der Waals surface area contributed by atoms with Crippen molar-refractivity contribution in [2.45, 2.75) is 33.3 Å². The van der Waals surface area contributed by atoms with E-state index in [0.29, 0.717) is 5.56 Å². The first-order chi connectivity index (χ1) is 8.38. The van der Waals surface area contributed by atoms with E-state index in [1.165, 1.54) is 0 Å². The highest BCUT2D eigenvalue weighted by molar-refractivity contribution is 6.05. The van der Waals surface area contributed by atoms with E-state index in [9.17, 15) is 4.79 Å². The van der Waals surface area contributed by atoms with Gasteiger partial charge in [0.1, 0.15) is 5.60 Å². The molecule has 2 aromatic rings. The van der Waals surface area contributed by atoms with Gasteiger partial charge in [0.15, 0.2) is 0 Å². The Balaban J connectivity index is 2.55. The molecule has 0 amide bonds. The average molecular weight is 242 g/mol. The lowest BCUT2D eigenvalue weighted by Crippen LogP contribution is -2.24. The number of benzene rings is 2. The second-order valence-electron chi connectivity index (χ2n) is 5.48. The van der Waals surface area contributed by atoms with Gasteiger partial charge in [-0.1, -0.05) is 30.3 Å². The van der Waals surface area contributed by atoms with Crippen LogP contribution in [0.4, 0.5) is 0 Å². The van der Waals surface area contributed by atoms with E-state index in [1.54, 1.807) is 0 Å². The molecule has 0 bridgehead atoms. The van der Waals surface area contributed by atoms with E-state index in [0.717, 1.165) is 16.3 Å². The smallest absolute Gasteiger partial charge is 0.339 e. The fourth-order valence-electron chi connectivity index (χ4n) is 2.03. The second kappa shape index (κ2) is 4.45. The maximum atomic E-state index is 12.2. The third kappa shape index (κ3) is 2.53. The standard InChI is InChI=1S/C16H18O2/c1-11-7-5-8-12-9-6-10-13(14(11)12)15(17)18-16(2,3)4/h5-10H,1-4H3. The van der Waals surface area contributed by atoms with Crippen molar-refractivity contribution in [1.29, 1.82) is 0 Å². The predicted octanol–water partition coefficient (Wildman–Crippen LogP) is 4.10. The summed E-state index contributed by atoms with van der Waals surface area (Å²) >= 11 is 0. The van der Waals surface area contributed by atoms with Crippen molar-refractivity contribution in [3.05, 3.63) is 47.5 Å². The van der Waals surface area contributed by atoms with Crippen molar-refractivity contribution in [1.82, 2.24) is 0 Å². The lowest BCUT2D eigenvalue weighted by molar-refractivity contribution is 0.00718. The van der Waals surface area contributed by atoms with Crippen LogP contribution in [0, 0.1) is 6.92 Å². The van der Waals surface area contributed by atoms with Gasteiger partial charge in [0, 0.05) is 0 Å². The fourth-order valence-corrected chi connectivity index (χ4v) is 2.03. The zero-order valence-corrected chi connectivity index (χ0v) is 11.3.